The summed E-state index contributed by atoms with van der Waals surface area (Å²) in [5, 5.41) is 2.63. The van der Waals surface area contributed by atoms with Crippen molar-refractivity contribution in [3.63, 3.8) is 0 Å². The summed E-state index contributed by atoms with van der Waals surface area (Å²) in [5.41, 5.74) is 1.01. The van der Waals surface area contributed by atoms with Gasteiger partial charge in [0.25, 0.3) is 5.91 Å². The van der Waals surface area contributed by atoms with Crippen LogP contribution >= 0.6 is 0 Å². The van der Waals surface area contributed by atoms with E-state index in [1.807, 2.05) is 0 Å². The maximum absolute atomic E-state index is 13.0. The SMILES string of the molecule is Cc1ccc(NC(=O)COC(=O)CC2CCCC2)cc1S(=O)(=O)N1CCCCC1. The first-order chi connectivity index (χ1) is 13.9. The molecule has 160 valence electrons. The Balaban J connectivity index is 1.58. The smallest absolute Gasteiger partial charge is 0.306 e. The van der Waals surface area contributed by atoms with Gasteiger partial charge in [-0.25, -0.2) is 8.42 Å². The van der Waals surface area contributed by atoms with Gasteiger partial charge in [-0.2, -0.15) is 4.31 Å². The highest BCUT2D eigenvalue weighted by Crippen LogP contribution is 2.28. The van der Waals surface area contributed by atoms with Gasteiger partial charge in [-0.1, -0.05) is 25.3 Å². The highest BCUT2D eigenvalue weighted by Gasteiger charge is 2.27. The van der Waals surface area contributed by atoms with Crippen LogP contribution < -0.4 is 5.32 Å². The molecule has 1 saturated carbocycles. The van der Waals surface area contributed by atoms with Crippen LogP contribution in [0.3, 0.4) is 0 Å². The van der Waals surface area contributed by atoms with Gasteiger partial charge in [0.05, 0.1) is 4.90 Å². The Morgan fingerprint density at radius 1 is 1.10 bits per heavy atom. The van der Waals surface area contributed by atoms with E-state index < -0.39 is 15.9 Å². The maximum Gasteiger partial charge on any atom is 0.306 e. The van der Waals surface area contributed by atoms with Crippen molar-refractivity contribution < 1.29 is 22.7 Å². The number of amides is 1. The van der Waals surface area contributed by atoms with Crippen molar-refractivity contribution in [1.82, 2.24) is 4.31 Å². The number of aryl methyl sites for hydroxylation is 1. The van der Waals surface area contributed by atoms with Crippen molar-refractivity contribution in [2.24, 2.45) is 5.92 Å². The highest BCUT2D eigenvalue weighted by atomic mass is 32.2. The Morgan fingerprint density at radius 2 is 1.79 bits per heavy atom. The number of anilines is 1. The molecule has 0 aromatic heterocycles. The fraction of sp³-hybridized carbons (Fsp3) is 0.619. The van der Waals surface area contributed by atoms with E-state index in [2.05, 4.69) is 5.32 Å². The van der Waals surface area contributed by atoms with Crippen LogP contribution in [0, 0.1) is 12.8 Å². The van der Waals surface area contributed by atoms with Crippen LogP contribution in [0.1, 0.15) is 56.9 Å². The summed E-state index contributed by atoms with van der Waals surface area (Å²) in [4.78, 5) is 24.2. The third-order valence-electron chi connectivity index (χ3n) is 5.70. The molecule has 8 heteroatoms. The number of carbonyl (C=O) groups is 2. The number of carbonyl (C=O) groups excluding carboxylic acids is 2. The molecule has 29 heavy (non-hydrogen) atoms. The molecule has 3 rings (SSSR count). The predicted molar refractivity (Wildman–Crippen MR) is 110 cm³/mol. The van der Waals surface area contributed by atoms with Gasteiger partial charge in [0.1, 0.15) is 0 Å². The Bertz CT molecular complexity index is 841. The number of benzene rings is 1. The van der Waals surface area contributed by atoms with Gasteiger partial charge < -0.3 is 10.1 Å². The van der Waals surface area contributed by atoms with Gasteiger partial charge in [0, 0.05) is 25.2 Å². The molecule has 0 bridgehead atoms. The second-order valence-electron chi connectivity index (χ2n) is 8.01. The number of piperidine rings is 1. The molecule has 1 saturated heterocycles. The predicted octanol–water partition coefficient (Wildman–Crippen LogP) is 3.23. The van der Waals surface area contributed by atoms with Crippen molar-refractivity contribution in [2.45, 2.75) is 63.2 Å². The minimum absolute atomic E-state index is 0.204. The molecular formula is C21H30N2O5S. The molecule has 1 heterocycles. The van der Waals surface area contributed by atoms with Crippen LogP contribution in [0.25, 0.3) is 0 Å². The van der Waals surface area contributed by atoms with Crippen LogP contribution in [-0.4, -0.2) is 44.3 Å². The number of rotatable bonds is 7. The van der Waals surface area contributed by atoms with Gasteiger partial charge in [-0.15, -0.1) is 0 Å². The largest absolute Gasteiger partial charge is 0.456 e. The lowest BCUT2D eigenvalue weighted by Crippen LogP contribution is -2.36. The Morgan fingerprint density at radius 3 is 2.48 bits per heavy atom. The molecule has 1 aromatic rings. The van der Waals surface area contributed by atoms with Crippen molar-refractivity contribution in [1.29, 1.82) is 0 Å². The minimum Gasteiger partial charge on any atom is -0.456 e. The standard InChI is InChI=1S/C21H30N2O5S/c1-16-9-10-18(14-19(16)29(26,27)23-11-5-2-6-12-23)22-20(24)15-28-21(25)13-17-7-3-4-8-17/h9-10,14,17H,2-8,11-13,15H2,1H3,(H,22,24). The van der Waals surface area contributed by atoms with Crippen LogP contribution in [0.4, 0.5) is 5.69 Å². The van der Waals surface area contributed by atoms with Gasteiger partial charge in [0.2, 0.25) is 10.0 Å². The third-order valence-corrected chi connectivity index (χ3v) is 7.74. The van der Waals surface area contributed by atoms with Gasteiger partial charge >= 0.3 is 5.97 Å². The van der Waals surface area contributed by atoms with Crippen LogP contribution in [0.2, 0.25) is 0 Å². The minimum atomic E-state index is -3.59. The lowest BCUT2D eigenvalue weighted by atomic mass is 10.1. The van der Waals surface area contributed by atoms with Gasteiger partial charge in [-0.3, -0.25) is 9.59 Å². The topological polar surface area (TPSA) is 92.8 Å². The number of nitrogens with zero attached hydrogens (tertiary/aromatic N) is 1. The Labute approximate surface area is 172 Å². The number of esters is 1. The zero-order valence-electron chi connectivity index (χ0n) is 17.0. The summed E-state index contributed by atoms with van der Waals surface area (Å²) < 4.78 is 32.5. The molecule has 1 aliphatic heterocycles. The van der Waals surface area contributed by atoms with E-state index in [0.29, 0.717) is 36.7 Å². The number of sulfonamides is 1. The summed E-state index contributed by atoms with van der Waals surface area (Å²) in [7, 11) is -3.59. The summed E-state index contributed by atoms with van der Waals surface area (Å²) in [6.45, 7) is 2.42. The fourth-order valence-electron chi connectivity index (χ4n) is 4.05. The monoisotopic (exact) mass is 422 g/mol. The molecule has 1 aromatic carbocycles. The van der Waals surface area contributed by atoms with Crippen LogP contribution in [0.5, 0.6) is 0 Å². The summed E-state index contributed by atoms with van der Waals surface area (Å²) in [6, 6.07) is 4.82. The van der Waals surface area contributed by atoms with Crippen molar-refractivity contribution in [3.05, 3.63) is 23.8 Å². The highest BCUT2D eigenvalue weighted by molar-refractivity contribution is 7.89. The maximum atomic E-state index is 13.0. The number of nitrogens with one attached hydrogen (secondary N) is 1. The van der Waals surface area contributed by atoms with E-state index in [4.69, 9.17) is 4.74 Å². The first-order valence-corrected chi connectivity index (χ1v) is 11.9. The van der Waals surface area contributed by atoms with E-state index in [0.717, 1.165) is 44.9 Å². The average Bonchev–Trinajstić information content (AvgIpc) is 3.21. The van der Waals surface area contributed by atoms with Crippen molar-refractivity contribution in [3.8, 4) is 0 Å². The van der Waals surface area contributed by atoms with E-state index >= 15 is 0 Å². The molecule has 7 nitrogen and oxygen atoms in total. The zero-order valence-corrected chi connectivity index (χ0v) is 17.8. The third kappa shape index (κ3) is 5.79. The second kappa shape index (κ2) is 9.71. The zero-order chi connectivity index (χ0) is 20.9. The number of ether oxygens (including phenoxy) is 1. The van der Waals surface area contributed by atoms with Crippen molar-refractivity contribution in [2.75, 3.05) is 25.0 Å². The molecule has 0 spiro atoms. The van der Waals surface area contributed by atoms with E-state index in [1.54, 1.807) is 19.1 Å². The summed E-state index contributed by atoms with van der Waals surface area (Å²) in [6.07, 6.45) is 7.50. The first-order valence-electron chi connectivity index (χ1n) is 10.4. The van der Waals surface area contributed by atoms with E-state index in [-0.39, 0.29) is 17.5 Å². The molecule has 2 aliphatic rings. The normalized spacial score (nSPS) is 18.5. The molecular weight excluding hydrogens is 392 g/mol. The number of hydrogen-bond acceptors (Lipinski definition) is 5. The first kappa shape index (κ1) is 21.8. The summed E-state index contributed by atoms with van der Waals surface area (Å²) in [5.74, 6) is -0.468. The summed E-state index contributed by atoms with van der Waals surface area (Å²) >= 11 is 0. The molecule has 1 aliphatic carbocycles. The molecule has 0 unspecified atom stereocenters. The molecule has 2 fully saturated rings. The quantitative estimate of drug-likeness (QED) is 0.681. The van der Waals surface area contributed by atoms with Crippen LogP contribution in [0.15, 0.2) is 23.1 Å². The molecule has 1 amide bonds. The van der Waals surface area contributed by atoms with E-state index in [1.165, 1.54) is 10.4 Å². The number of hydrogen-bond donors (Lipinski definition) is 1. The Kier molecular flexibility index (Phi) is 7.29. The molecule has 0 radical (unpaired) electrons. The Hall–Kier alpha value is -1.93. The fourth-order valence-corrected chi connectivity index (χ4v) is 5.82. The second-order valence-corrected chi connectivity index (χ2v) is 9.91. The molecule has 0 atom stereocenters. The van der Waals surface area contributed by atoms with E-state index in [9.17, 15) is 18.0 Å². The lowest BCUT2D eigenvalue weighted by Gasteiger charge is -2.26. The average molecular weight is 423 g/mol. The van der Waals surface area contributed by atoms with Gasteiger partial charge in [0.15, 0.2) is 6.61 Å². The van der Waals surface area contributed by atoms with Crippen LogP contribution in [-0.2, 0) is 24.3 Å². The van der Waals surface area contributed by atoms with Crippen molar-refractivity contribution >= 4 is 27.6 Å². The lowest BCUT2D eigenvalue weighted by molar-refractivity contribution is -0.148. The molecule has 1 N–H and O–H groups in total. The van der Waals surface area contributed by atoms with Gasteiger partial charge in [-0.05, 0) is 56.2 Å².